The summed E-state index contributed by atoms with van der Waals surface area (Å²) in [5.41, 5.74) is 1.81. The van der Waals surface area contributed by atoms with Crippen molar-refractivity contribution in [3.8, 4) is 5.75 Å². The number of halogens is 2. The maximum absolute atomic E-state index is 13.5. The van der Waals surface area contributed by atoms with Gasteiger partial charge in [0.05, 0.1) is 20.5 Å². The molecule has 1 saturated heterocycles. The number of amides is 1. The zero-order chi connectivity index (χ0) is 23.5. The van der Waals surface area contributed by atoms with Crippen LogP contribution in [0.1, 0.15) is 11.1 Å². The number of thioether (sulfide) groups is 1. The highest BCUT2D eigenvalue weighted by Crippen LogP contribution is 2.38. The van der Waals surface area contributed by atoms with Gasteiger partial charge in [0.15, 0.2) is 4.32 Å². The number of nitro benzene ring substituents is 1. The van der Waals surface area contributed by atoms with Crippen LogP contribution in [0.4, 0.5) is 15.8 Å². The number of hydrogen-bond acceptors (Lipinski definition) is 6. The standard InChI is InChI=1S/C23H14ClFN2O4S2/c24-18-12-17(9-10-19(18)25)26-22(28)21(33-23(26)32)11-15-3-1-2-4-20(15)31-13-14-5-7-16(8-6-14)27(29)30/h1-12H,13H2/b21-11-. The van der Waals surface area contributed by atoms with Crippen LogP contribution in [0.3, 0.4) is 0 Å². The van der Waals surface area contributed by atoms with Crippen LogP contribution in [-0.2, 0) is 11.4 Å². The fourth-order valence-corrected chi connectivity index (χ4v) is 4.53. The van der Waals surface area contributed by atoms with Crippen LogP contribution in [-0.4, -0.2) is 15.2 Å². The number of anilines is 1. The molecule has 1 aliphatic heterocycles. The Hall–Kier alpha value is -3.27. The molecule has 0 N–H and O–H groups in total. The summed E-state index contributed by atoms with van der Waals surface area (Å²) in [6.45, 7) is 0.192. The van der Waals surface area contributed by atoms with E-state index in [0.717, 1.165) is 17.3 Å². The summed E-state index contributed by atoms with van der Waals surface area (Å²) in [7, 11) is 0. The van der Waals surface area contributed by atoms with Gasteiger partial charge in [-0.2, -0.15) is 0 Å². The fourth-order valence-electron chi connectivity index (χ4n) is 3.06. The Morgan fingerprint density at radius 2 is 1.88 bits per heavy atom. The van der Waals surface area contributed by atoms with Gasteiger partial charge in [-0.05, 0) is 48.0 Å². The van der Waals surface area contributed by atoms with Gasteiger partial charge in [-0.25, -0.2) is 4.39 Å². The van der Waals surface area contributed by atoms with Gasteiger partial charge in [0, 0.05) is 17.7 Å². The number of benzene rings is 3. The number of nitro groups is 1. The van der Waals surface area contributed by atoms with Crippen LogP contribution >= 0.6 is 35.6 Å². The maximum Gasteiger partial charge on any atom is 0.270 e. The van der Waals surface area contributed by atoms with E-state index in [-0.39, 0.29) is 23.2 Å². The molecule has 3 aromatic rings. The molecule has 0 bridgehead atoms. The third kappa shape index (κ3) is 5.05. The van der Waals surface area contributed by atoms with Gasteiger partial charge in [-0.3, -0.25) is 19.8 Å². The largest absolute Gasteiger partial charge is 0.488 e. The Bertz CT molecular complexity index is 1300. The first-order chi connectivity index (χ1) is 15.8. The third-order valence-electron chi connectivity index (χ3n) is 4.70. The average molecular weight is 501 g/mol. The van der Waals surface area contributed by atoms with Crippen molar-refractivity contribution in [3.63, 3.8) is 0 Å². The molecule has 1 heterocycles. The molecule has 33 heavy (non-hydrogen) atoms. The minimum Gasteiger partial charge on any atom is -0.488 e. The van der Waals surface area contributed by atoms with Crippen molar-refractivity contribution in [1.82, 2.24) is 0 Å². The molecule has 0 aromatic heterocycles. The quantitative estimate of drug-likeness (QED) is 0.169. The van der Waals surface area contributed by atoms with Gasteiger partial charge in [-0.1, -0.05) is 53.8 Å². The lowest BCUT2D eigenvalue weighted by molar-refractivity contribution is -0.384. The number of para-hydroxylation sites is 1. The van der Waals surface area contributed by atoms with E-state index in [2.05, 4.69) is 0 Å². The fraction of sp³-hybridized carbons (Fsp3) is 0.0435. The van der Waals surface area contributed by atoms with Gasteiger partial charge >= 0.3 is 0 Å². The highest BCUT2D eigenvalue weighted by atomic mass is 35.5. The second-order valence-corrected chi connectivity index (χ2v) is 8.95. The van der Waals surface area contributed by atoms with E-state index in [0.29, 0.717) is 26.2 Å². The van der Waals surface area contributed by atoms with Crippen LogP contribution in [0, 0.1) is 15.9 Å². The summed E-state index contributed by atoms with van der Waals surface area (Å²) in [6, 6.07) is 17.2. The maximum atomic E-state index is 13.5. The number of thiocarbonyl (C=S) groups is 1. The Balaban J connectivity index is 1.54. The number of carbonyl (C=O) groups is 1. The van der Waals surface area contributed by atoms with Crippen LogP contribution in [0.15, 0.2) is 71.6 Å². The molecule has 3 aromatic carbocycles. The zero-order valence-corrected chi connectivity index (χ0v) is 19.1. The van der Waals surface area contributed by atoms with E-state index in [1.807, 2.05) is 6.07 Å². The highest BCUT2D eigenvalue weighted by Gasteiger charge is 2.33. The van der Waals surface area contributed by atoms with Crippen molar-refractivity contribution in [3.05, 3.63) is 104 Å². The lowest BCUT2D eigenvalue weighted by atomic mass is 10.1. The summed E-state index contributed by atoms with van der Waals surface area (Å²) in [6.07, 6.45) is 1.68. The Labute approximate surface area is 202 Å². The number of carbonyl (C=O) groups excluding carboxylic acids is 1. The molecular weight excluding hydrogens is 487 g/mol. The molecule has 0 spiro atoms. The van der Waals surface area contributed by atoms with Crippen LogP contribution in [0.2, 0.25) is 5.02 Å². The molecule has 10 heteroatoms. The number of ether oxygens (including phenoxy) is 1. The Morgan fingerprint density at radius 3 is 2.58 bits per heavy atom. The first kappa shape index (κ1) is 22.9. The van der Waals surface area contributed by atoms with E-state index < -0.39 is 10.7 Å². The van der Waals surface area contributed by atoms with Crippen molar-refractivity contribution in [2.75, 3.05) is 4.90 Å². The van der Waals surface area contributed by atoms with Crippen LogP contribution < -0.4 is 9.64 Å². The smallest absolute Gasteiger partial charge is 0.270 e. The third-order valence-corrected chi connectivity index (χ3v) is 6.29. The molecule has 0 atom stereocenters. The summed E-state index contributed by atoms with van der Waals surface area (Å²) in [5, 5.41) is 10.7. The Kier molecular flexibility index (Phi) is 6.73. The topological polar surface area (TPSA) is 72.7 Å². The second-order valence-electron chi connectivity index (χ2n) is 6.87. The highest BCUT2D eigenvalue weighted by molar-refractivity contribution is 8.27. The molecular formula is C23H14ClFN2O4S2. The van der Waals surface area contributed by atoms with Crippen molar-refractivity contribution in [2.45, 2.75) is 6.61 Å². The van der Waals surface area contributed by atoms with Crippen molar-refractivity contribution >= 4 is 63.3 Å². The molecule has 0 saturated carbocycles. The van der Waals surface area contributed by atoms with E-state index in [9.17, 15) is 19.3 Å². The molecule has 0 aliphatic carbocycles. The summed E-state index contributed by atoms with van der Waals surface area (Å²) in [5.74, 6) is -0.399. The lowest BCUT2D eigenvalue weighted by Gasteiger charge is -2.14. The van der Waals surface area contributed by atoms with E-state index in [4.69, 9.17) is 28.6 Å². The predicted octanol–water partition coefficient (Wildman–Crippen LogP) is 6.37. The molecule has 0 radical (unpaired) electrons. The molecule has 1 aliphatic rings. The molecule has 6 nitrogen and oxygen atoms in total. The van der Waals surface area contributed by atoms with E-state index in [1.54, 1.807) is 36.4 Å². The molecule has 0 unspecified atom stereocenters. The van der Waals surface area contributed by atoms with Crippen LogP contribution in [0.25, 0.3) is 6.08 Å². The summed E-state index contributed by atoms with van der Waals surface area (Å²) < 4.78 is 19.7. The first-order valence-corrected chi connectivity index (χ1v) is 11.1. The minimum atomic E-state index is -0.583. The summed E-state index contributed by atoms with van der Waals surface area (Å²) in [4.78, 5) is 25.0. The van der Waals surface area contributed by atoms with E-state index in [1.165, 1.54) is 35.2 Å². The monoisotopic (exact) mass is 500 g/mol. The van der Waals surface area contributed by atoms with E-state index >= 15 is 0 Å². The average Bonchev–Trinajstić information content (AvgIpc) is 3.08. The van der Waals surface area contributed by atoms with Gasteiger partial charge in [0.25, 0.3) is 11.6 Å². The zero-order valence-electron chi connectivity index (χ0n) is 16.7. The minimum absolute atomic E-state index is 0.00335. The SMILES string of the molecule is O=C1/C(=C/c2ccccc2OCc2ccc([N+](=O)[O-])cc2)SC(=S)N1c1ccc(F)c(Cl)c1. The number of non-ortho nitro benzene ring substituents is 1. The number of nitrogens with zero attached hydrogens (tertiary/aromatic N) is 2. The Morgan fingerprint density at radius 1 is 1.15 bits per heavy atom. The molecule has 1 amide bonds. The van der Waals surface area contributed by atoms with Gasteiger partial charge in [-0.15, -0.1) is 0 Å². The first-order valence-electron chi connectivity index (χ1n) is 9.51. The van der Waals surface area contributed by atoms with Gasteiger partial charge < -0.3 is 4.74 Å². The summed E-state index contributed by atoms with van der Waals surface area (Å²) >= 11 is 12.3. The van der Waals surface area contributed by atoms with Crippen LogP contribution in [0.5, 0.6) is 5.75 Å². The molecule has 1 fully saturated rings. The molecule has 4 rings (SSSR count). The predicted molar refractivity (Wildman–Crippen MR) is 131 cm³/mol. The normalized spacial score (nSPS) is 14.7. The van der Waals surface area contributed by atoms with Crippen molar-refractivity contribution < 1.29 is 18.8 Å². The van der Waals surface area contributed by atoms with Gasteiger partial charge in [0.2, 0.25) is 0 Å². The number of hydrogen-bond donors (Lipinski definition) is 0. The second kappa shape index (κ2) is 9.70. The van der Waals surface area contributed by atoms with Gasteiger partial charge in [0.1, 0.15) is 18.2 Å². The molecule has 166 valence electrons. The number of rotatable bonds is 6. The lowest BCUT2D eigenvalue weighted by Crippen LogP contribution is -2.27. The van der Waals surface area contributed by atoms with Crippen molar-refractivity contribution in [1.29, 1.82) is 0 Å². The van der Waals surface area contributed by atoms with Crippen molar-refractivity contribution in [2.24, 2.45) is 0 Å².